The Morgan fingerprint density at radius 1 is 0.951 bits per heavy atom. The van der Waals surface area contributed by atoms with Gasteiger partial charge in [0.25, 0.3) is 0 Å². The van der Waals surface area contributed by atoms with Gasteiger partial charge in [-0.1, -0.05) is 19.9 Å². The van der Waals surface area contributed by atoms with Crippen LogP contribution in [-0.2, 0) is 9.47 Å². The Balaban J connectivity index is 1.83. The molecule has 2 atom stereocenters. The van der Waals surface area contributed by atoms with Gasteiger partial charge in [0.05, 0.1) is 23.9 Å². The van der Waals surface area contributed by atoms with Gasteiger partial charge in [-0.2, -0.15) is 0 Å². The summed E-state index contributed by atoms with van der Waals surface area (Å²) < 4.78 is 13.1. The number of piperidine rings is 1. The number of ether oxygens (including phenoxy) is 2. The number of carbonyl (C=O) groups is 2. The zero-order chi connectivity index (χ0) is 30.4. The highest BCUT2D eigenvalue weighted by Gasteiger charge is 2.34. The predicted molar refractivity (Wildman–Crippen MR) is 162 cm³/mol. The highest BCUT2D eigenvalue weighted by Crippen LogP contribution is 2.41. The third-order valence-corrected chi connectivity index (χ3v) is 7.20. The molecule has 4 rings (SSSR count). The number of fused-ring (bicyclic) bond motifs is 1. The van der Waals surface area contributed by atoms with E-state index in [9.17, 15) is 14.7 Å². The molecule has 8 nitrogen and oxygen atoms in total. The number of rotatable bonds is 3. The molecule has 3 aromatic rings. The Hall–Kier alpha value is -3.39. The number of β-amino-alcohol motifs (C(OH)–C–C–N with tert-alkyl or cyclic N) is 1. The summed E-state index contributed by atoms with van der Waals surface area (Å²) in [4.78, 5) is 32.5. The molecule has 1 N–H and O–H groups in total. The number of carbonyl (C=O) groups excluding carboxylic acids is 2. The second kappa shape index (κ2) is 11.1. The normalized spacial score (nSPS) is 18.2. The molecule has 8 heteroatoms. The van der Waals surface area contributed by atoms with Crippen molar-refractivity contribution in [3.63, 3.8) is 0 Å². The maximum absolute atomic E-state index is 13.7. The second-order valence-electron chi connectivity index (χ2n) is 13.5. The van der Waals surface area contributed by atoms with Crippen molar-refractivity contribution in [2.45, 2.75) is 105 Å². The average Bonchev–Trinajstić information content (AvgIpc) is 3.16. The number of nitrogens with zero attached hydrogens (tertiary/aromatic N) is 3. The van der Waals surface area contributed by atoms with E-state index in [0.717, 1.165) is 44.7 Å². The van der Waals surface area contributed by atoms with Crippen LogP contribution in [0.3, 0.4) is 0 Å². The van der Waals surface area contributed by atoms with Gasteiger partial charge in [0, 0.05) is 34.8 Å². The number of benzene rings is 1. The molecule has 2 aromatic heterocycles. The Bertz CT molecular complexity index is 1440. The second-order valence-corrected chi connectivity index (χ2v) is 13.5. The number of hydrogen-bond acceptors (Lipinski definition) is 6. The van der Waals surface area contributed by atoms with Crippen molar-refractivity contribution in [3.8, 4) is 11.3 Å². The monoisotopic (exact) mass is 563 g/mol. The first-order chi connectivity index (χ1) is 18.9. The van der Waals surface area contributed by atoms with E-state index in [0.29, 0.717) is 13.0 Å². The topological polar surface area (TPSA) is 93.9 Å². The minimum Gasteiger partial charge on any atom is -0.444 e. The lowest BCUT2D eigenvalue weighted by molar-refractivity contribution is -0.00151. The molecule has 1 saturated heterocycles. The van der Waals surface area contributed by atoms with Crippen molar-refractivity contribution in [3.05, 3.63) is 52.8 Å². The first-order valence-electron chi connectivity index (χ1n) is 14.5. The van der Waals surface area contributed by atoms with E-state index >= 15 is 0 Å². The first-order valence-corrected chi connectivity index (χ1v) is 14.5. The fourth-order valence-corrected chi connectivity index (χ4v) is 5.71. The van der Waals surface area contributed by atoms with Crippen LogP contribution >= 0.6 is 0 Å². The van der Waals surface area contributed by atoms with Gasteiger partial charge in [0.2, 0.25) is 0 Å². The lowest BCUT2D eigenvalue weighted by atomic mass is 9.85. The third-order valence-electron chi connectivity index (χ3n) is 7.20. The van der Waals surface area contributed by atoms with Crippen LogP contribution < -0.4 is 0 Å². The van der Waals surface area contributed by atoms with E-state index in [1.807, 2.05) is 79.7 Å². The van der Waals surface area contributed by atoms with Gasteiger partial charge in [0.1, 0.15) is 11.2 Å². The number of aromatic nitrogens is 2. The molecule has 0 spiro atoms. The van der Waals surface area contributed by atoms with Gasteiger partial charge in [-0.05, 0) is 103 Å². The minimum absolute atomic E-state index is 0.0964. The number of amides is 1. The summed E-state index contributed by atoms with van der Waals surface area (Å²) in [5.74, 6) is -0.0593. The van der Waals surface area contributed by atoms with Crippen LogP contribution in [0.1, 0.15) is 96.2 Å². The van der Waals surface area contributed by atoms with Crippen molar-refractivity contribution in [1.29, 1.82) is 0 Å². The molecule has 2 unspecified atom stereocenters. The number of aryl methyl sites for hydroxylation is 2. The lowest BCUT2D eigenvalue weighted by Gasteiger charge is -2.37. The maximum Gasteiger partial charge on any atom is 0.419 e. The zero-order valence-corrected chi connectivity index (χ0v) is 26.2. The van der Waals surface area contributed by atoms with Gasteiger partial charge in [-0.25, -0.2) is 14.2 Å². The van der Waals surface area contributed by atoms with Crippen molar-refractivity contribution in [2.75, 3.05) is 13.1 Å². The van der Waals surface area contributed by atoms with Crippen molar-refractivity contribution in [2.24, 2.45) is 0 Å². The summed E-state index contributed by atoms with van der Waals surface area (Å²) in [7, 11) is 0. The van der Waals surface area contributed by atoms with Crippen molar-refractivity contribution in [1.82, 2.24) is 14.5 Å². The van der Waals surface area contributed by atoms with Crippen LogP contribution in [0, 0.1) is 13.8 Å². The molecule has 1 aliphatic heterocycles. The Labute approximate surface area is 243 Å². The quantitative estimate of drug-likeness (QED) is 0.359. The van der Waals surface area contributed by atoms with Crippen molar-refractivity contribution >= 4 is 23.1 Å². The van der Waals surface area contributed by atoms with Gasteiger partial charge in [-0.15, -0.1) is 0 Å². The van der Waals surface area contributed by atoms with E-state index in [1.54, 1.807) is 9.47 Å². The Morgan fingerprint density at radius 3 is 2.07 bits per heavy atom. The smallest absolute Gasteiger partial charge is 0.419 e. The van der Waals surface area contributed by atoms with Crippen LogP contribution in [0.25, 0.3) is 22.2 Å². The third kappa shape index (κ3) is 6.75. The Morgan fingerprint density at radius 2 is 1.54 bits per heavy atom. The molecule has 0 radical (unpaired) electrons. The largest absolute Gasteiger partial charge is 0.444 e. The highest BCUT2D eigenvalue weighted by molar-refractivity contribution is 6.00. The molecule has 3 heterocycles. The first kappa shape index (κ1) is 30.6. The van der Waals surface area contributed by atoms with E-state index in [1.165, 1.54) is 0 Å². The van der Waals surface area contributed by atoms with E-state index < -0.39 is 29.5 Å². The number of hydrogen-bond donors (Lipinski definition) is 1. The van der Waals surface area contributed by atoms with Gasteiger partial charge in [0.15, 0.2) is 0 Å². The fraction of sp³-hybridized carbons (Fsp3) is 0.545. The van der Waals surface area contributed by atoms with E-state index in [-0.39, 0.29) is 18.4 Å². The lowest BCUT2D eigenvalue weighted by Crippen LogP contribution is -2.47. The predicted octanol–water partition coefficient (Wildman–Crippen LogP) is 7.31. The molecule has 1 aromatic carbocycles. The van der Waals surface area contributed by atoms with Crippen molar-refractivity contribution < 1.29 is 24.2 Å². The molecule has 41 heavy (non-hydrogen) atoms. The van der Waals surface area contributed by atoms with Crippen LogP contribution in [0.4, 0.5) is 9.59 Å². The number of aliphatic hydroxyl groups excluding tert-OH is 1. The summed E-state index contributed by atoms with van der Waals surface area (Å²) in [6, 6.07) is 10.1. The van der Waals surface area contributed by atoms with Gasteiger partial charge in [-0.3, -0.25) is 4.98 Å². The molecule has 0 bridgehead atoms. The zero-order valence-electron chi connectivity index (χ0n) is 26.2. The number of pyridine rings is 1. The van der Waals surface area contributed by atoms with Crippen LogP contribution in [0.2, 0.25) is 0 Å². The molecule has 0 aliphatic carbocycles. The molecule has 1 amide bonds. The fourth-order valence-electron chi connectivity index (χ4n) is 5.71. The van der Waals surface area contributed by atoms with E-state index in [2.05, 4.69) is 24.9 Å². The van der Waals surface area contributed by atoms with Crippen LogP contribution in [0.15, 0.2) is 30.3 Å². The molecular weight excluding hydrogens is 518 g/mol. The summed E-state index contributed by atoms with van der Waals surface area (Å²) in [5, 5.41) is 12.1. The molecule has 1 aliphatic rings. The average molecular weight is 564 g/mol. The van der Waals surface area contributed by atoms with E-state index in [4.69, 9.17) is 9.47 Å². The summed E-state index contributed by atoms with van der Waals surface area (Å²) in [6.45, 7) is 19.9. The standard InChI is InChI=1S/C33H45N3O5/c1-19(2)28-25-17-22(24-13-14-35(18-27(24)37)30(38)40-32(5,6)7)11-12-26(25)36(31(39)41-33(8,9)10)29(28)23-15-20(3)34-21(4)16-23/h11-12,15-17,19,24,27,37H,13-14,18H2,1-10H3. The van der Waals surface area contributed by atoms with Crippen LogP contribution in [-0.4, -0.2) is 62.1 Å². The number of likely N-dealkylation sites (tertiary alicyclic amines) is 1. The molecule has 0 saturated carbocycles. The summed E-state index contributed by atoms with van der Waals surface area (Å²) >= 11 is 0. The highest BCUT2D eigenvalue weighted by atomic mass is 16.6. The SMILES string of the molecule is Cc1cc(-c2c(C(C)C)c3cc(C4CCN(C(=O)OC(C)(C)C)CC4O)ccc3n2C(=O)OC(C)(C)C)cc(C)n1. The minimum atomic E-state index is -0.742. The van der Waals surface area contributed by atoms with Gasteiger partial charge >= 0.3 is 12.2 Å². The molecule has 222 valence electrons. The summed E-state index contributed by atoms with van der Waals surface area (Å²) in [6.07, 6.45) is -0.982. The molecule has 1 fully saturated rings. The molecular formula is C33H45N3O5. The van der Waals surface area contributed by atoms with Crippen LogP contribution in [0.5, 0.6) is 0 Å². The Kier molecular flexibility index (Phi) is 8.29. The summed E-state index contributed by atoms with van der Waals surface area (Å²) in [5.41, 5.74) is 4.97. The number of aliphatic hydroxyl groups is 1. The van der Waals surface area contributed by atoms with Gasteiger partial charge < -0.3 is 19.5 Å². The maximum atomic E-state index is 13.7.